The van der Waals surface area contributed by atoms with E-state index in [9.17, 15) is 13.6 Å². The maximum atomic E-state index is 13.3. The summed E-state index contributed by atoms with van der Waals surface area (Å²) in [6, 6.07) is 19.4. The van der Waals surface area contributed by atoms with E-state index in [1.807, 2.05) is 24.3 Å². The molecule has 0 fully saturated rings. The number of rotatable bonds is 5. The minimum Gasteiger partial charge on any atom is -0.322 e. The average molecular weight is 412 g/mol. The van der Waals surface area contributed by atoms with Gasteiger partial charge in [-0.1, -0.05) is 48.6 Å². The van der Waals surface area contributed by atoms with Crippen LogP contribution in [-0.4, -0.2) is 10.9 Å². The highest BCUT2D eigenvalue weighted by Gasteiger charge is 2.06. The molecule has 0 aliphatic rings. The Hall–Kier alpha value is -4.12. The van der Waals surface area contributed by atoms with Crippen LogP contribution in [-0.2, 0) is 4.79 Å². The van der Waals surface area contributed by atoms with Gasteiger partial charge in [-0.3, -0.25) is 9.78 Å². The monoisotopic (exact) mass is 412 g/mol. The third kappa shape index (κ3) is 4.90. The summed E-state index contributed by atoms with van der Waals surface area (Å²) >= 11 is 0. The number of allylic oxidation sites excluding steroid dienone is 2. The van der Waals surface area contributed by atoms with Gasteiger partial charge in [-0.15, -0.1) is 0 Å². The van der Waals surface area contributed by atoms with Crippen molar-refractivity contribution < 1.29 is 13.6 Å². The largest absolute Gasteiger partial charge is 0.322 e. The van der Waals surface area contributed by atoms with Gasteiger partial charge in [0.1, 0.15) is 11.6 Å². The number of nitrogens with zero attached hydrogens (tertiary/aromatic N) is 1. The number of nitrogens with one attached hydrogen (secondary N) is 1. The highest BCUT2D eigenvalue weighted by molar-refractivity contribution is 6.06. The topological polar surface area (TPSA) is 42.0 Å². The summed E-state index contributed by atoms with van der Waals surface area (Å²) in [5.74, 6) is -0.983. The van der Waals surface area contributed by atoms with E-state index in [2.05, 4.69) is 10.3 Å². The number of carbonyl (C=O) groups is 1. The zero-order valence-electron chi connectivity index (χ0n) is 16.4. The van der Waals surface area contributed by atoms with Crippen molar-refractivity contribution in [1.29, 1.82) is 0 Å². The molecule has 3 aromatic carbocycles. The molecular weight excluding hydrogens is 394 g/mol. The van der Waals surface area contributed by atoms with E-state index in [0.29, 0.717) is 5.69 Å². The van der Waals surface area contributed by atoms with Crippen LogP contribution in [0.1, 0.15) is 11.1 Å². The van der Waals surface area contributed by atoms with E-state index < -0.39 is 0 Å². The Labute approximate surface area is 178 Å². The van der Waals surface area contributed by atoms with Crippen LogP contribution in [0.25, 0.3) is 16.3 Å². The average Bonchev–Trinajstić information content (AvgIpc) is 2.79. The number of fused-ring (bicyclic) bond motifs is 1. The summed E-state index contributed by atoms with van der Waals surface area (Å²) in [6.07, 6.45) is 8.18. The van der Waals surface area contributed by atoms with Crippen molar-refractivity contribution in [1.82, 2.24) is 4.98 Å². The predicted molar refractivity (Wildman–Crippen MR) is 119 cm³/mol. The molecular formula is C26H18F2N2O. The summed E-state index contributed by atoms with van der Waals surface area (Å²) in [7, 11) is 0. The minimum absolute atomic E-state index is 0.293. The molecule has 31 heavy (non-hydrogen) atoms. The van der Waals surface area contributed by atoms with Crippen LogP contribution in [0.4, 0.5) is 14.5 Å². The van der Waals surface area contributed by atoms with Gasteiger partial charge in [-0.2, -0.15) is 0 Å². The second-order valence-corrected chi connectivity index (χ2v) is 6.84. The normalized spacial score (nSPS) is 10.9. The molecule has 0 unspecified atom stereocenters. The van der Waals surface area contributed by atoms with Gasteiger partial charge in [0.25, 0.3) is 0 Å². The molecule has 0 saturated carbocycles. The van der Waals surface area contributed by atoms with Crippen molar-refractivity contribution in [2.75, 3.05) is 5.32 Å². The van der Waals surface area contributed by atoms with E-state index >= 15 is 0 Å². The lowest BCUT2D eigenvalue weighted by Gasteiger charge is -2.08. The first kappa shape index (κ1) is 20.2. The molecule has 1 amide bonds. The van der Waals surface area contributed by atoms with Gasteiger partial charge in [0.15, 0.2) is 0 Å². The molecule has 0 aliphatic carbocycles. The molecule has 3 nitrogen and oxygen atoms in total. The van der Waals surface area contributed by atoms with Gasteiger partial charge in [-0.05, 0) is 53.1 Å². The number of amides is 1. The number of carbonyl (C=O) groups excluding carboxylic acids is 1. The number of hydrogen-bond donors (Lipinski definition) is 1. The van der Waals surface area contributed by atoms with Crippen molar-refractivity contribution >= 4 is 27.9 Å². The maximum Gasteiger partial charge on any atom is 0.248 e. The number of halogens is 2. The number of benzene rings is 3. The van der Waals surface area contributed by atoms with Crippen LogP contribution in [0, 0.1) is 11.6 Å². The van der Waals surface area contributed by atoms with Crippen LogP contribution in [0.3, 0.4) is 0 Å². The number of pyridine rings is 1. The highest BCUT2D eigenvalue weighted by atomic mass is 19.1. The minimum atomic E-state index is -0.345. The fourth-order valence-corrected chi connectivity index (χ4v) is 3.26. The number of hydrogen-bond acceptors (Lipinski definition) is 2. The third-order valence-electron chi connectivity index (χ3n) is 4.76. The Morgan fingerprint density at radius 1 is 0.839 bits per heavy atom. The predicted octanol–water partition coefficient (Wildman–Crippen LogP) is 6.14. The highest BCUT2D eigenvalue weighted by Crippen LogP contribution is 2.25. The zero-order valence-corrected chi connectivity index (χ0v) is 16.4. The molecule has 0 radical (unpaired) electrons. The second-order valence-electron chi connectivity index (χ2n) is 6.84. The molecule has 0 saturated heterocycles. The van der Waals surface area contributed by atoms with Crippen LogP contribution in [0.2, 0.25) is 0 Å². The number of aromatic nitrogens is 1. The SMILES string of the molecule is O=C(C=CC=C(c1ccc(F)cc1)c1ccc(F)cc1)Nc1cccc2cnccc12. The first-order valence-electron chi connectivity index (χ1n) is 9.64. The van der Waals surface area contributed by atoms with Crippen LogP contribution < -0.4 is 5.32 Å². The quantitative estimate of drug-likeness (QED) is 0.316. The molecule has 152 valence electrons. The maximum absolute atomic E-state index is 13.3. The molecule has 4 rings (SSSR count). The Balaban J connectivity index is 1.59. The lowest BCUT2D eigenvalue weighted by molar-refractivity contribution is -0.111. The Morgan fingerprint density at radius 3 is 2.13 bits per heavy atom. The first-order valence-corrected chi connectivity index (χ1v) is 9.64. The smallest absolute Gasteiger partial charge is 0.248 e. The molecule has 5 heteroatoms. The molecule has 4 aromatic rings. The summed E-state index contributed by atoms with van der Waals surface area (Å²) in [5, 5.41) is 4.70. The Bertz CT molecular complexity index is 1220. The van der Waals surface area contributed by atoms with E-state index in [4.69, 9.17) is 0 Å². The zero-order chi connectivity index (χ0) is 21.6. The Kier molecular flexibility index (Phi) is 5.94. The lowest BCUT2D eigenvalue weighted by Crippen LogP contribution is -2.08. The first-order chi connectivity index (χ1) is 15.1. The molecule has 0 atom stereocenters. The molecule has 1 N–H and O–H groups in total. The van der Waals surface area contributed by atoms with Gasteiger partial charge in [0, 0.05) is 34.9 Å². The van der Waals surface area contributed by atoms with Crippen molar-refractivity contribution in [3.05, 3.63) is 126 Å². The summed E-state index contributed by atoms with van der Waals surface area (Å²) in [5.41, 5.74) is 2.93. The van der Waals surface area contributed by atoms with E-state index in [-0.39, 0.29) is 17.5 Å². The van der Waals surface area contributed by atoms with Crippen LogP contribution in [0.15, 0.2) is 103 Å². The number of anilines is 1. The van der Waals surface area contributed by atoms with Crippen molar-refractivity contribution in [2.45, 2.75) is 0 Å². The second kappa shape index (κ2) is 9.13. The van der Waals surface area contributed by atoms with E-state index in [1.165, 1.54) is 30.3 Å². The fraction of sp³-hybridized carbons (Fsp3) is 0. The summed E-state index contributed by atoms with van der Waals surface area (Å²) in [6.45, 7) is 0. The molecule has 0 aliphatic heterocycles. The van der Waals surface area contributed by atoms with Crippen LogP contribution in [0.5, 0.6) is 0 Å². The fourth-order valence-electron chi connectivity index (χ4n) is 3.26. The van der Waals surface area contributed by atoms with Crippen molar-refractivity contribution in [3.63, 3.8) is 0 Å². The molecule has 1 aromatic heterocycles. The van der Waals surface area contributed by atoms with Gasteiger partial charge < -0.3 is 5.32 Å². The lowest BCUT2D eigenvalue weighted by atomic mass is 9.97. The summed E-state index contributed by atoms with van der Waals surface area (Å²) < 4.78 is 26.7. The standard InChI is InChI=1S/C26H18F2N2O/c27-21-11-7-18(8-12-21)23(19-9-13-22(28)14-10-19)4-2-6-26(31)30-25-5-1-3-20-17-29-16-15-24(20)25/h1-17H,(H,30,31). The van der Waals surface area contributed by atoms with Gasteiger partial charge >= 0.3 is 0 Å². The summed E-state index contributed by atoms with van der Waals surface area (Å²) in [4.78, 5) is 16.5. The van der Waals surface area contributed by atoms with Gasteiger partial charge in [0.05, 0.1) is 0 Å². The van der Waals surface area contributed by atoms with E-state index in [0.717, 1.165) is 27.5 Å². The molecule has 0 spiro atoms. The van der Waals surface area contributed by atoms with Gasteiger partial charge in [0.2, 0.25) is 5.91 Å². The van der Waals surface area contributed by atoms with Crippen molar-refractivity contribution in [2.24, 2.45) is 0 Å². The third-order valence-corrected chi connectivity index (χ3v) is 4.76. The van der Waals surface area contributed by atoms with Crippen LogP contribution >= 0.6 is 0 Å². The Morgan fingerprint density at radius 2 is 1.48 bits per heavy atom. The molecule has 0 bridgehead atoms. The van der Waals surface area contributed by atoms with E-state index in [1.54, 1.807) is 48.8 Å². The van der Waals surface area contributed by atoms with Gasteiger partial charge in [-0.25, -0.2) is 8.78 Å². The molecule has 1 heterocycles. The van der Waals surface area contributed by atoms with Crippen molar-refractivity contribution in [3.8, 4) is 0 Å².